The van der Waals surface area contributed by atoms with Crippen LogP contribution >= 0.6 is 12.4 Å². The molecule has 2 aromatic carbocycles. The van der Waals surface area contributed by atoms with Crippen LogP contribution in [0.25, 0.3) is 0 Å². The average molecular weight is 293 g/mol. The van der Waals surface area contributed by atoms with Crippen LogP contribution in [0, 0.1) is 0 Å². The standard InChI is InChI=1S/C16H20N2O.ClH/c17-15-8-6-13(7-9-15)10-11-18-12-16(19)14-4-2-1-3-5-14;/h1-9,16,18-19H,10-12,17H2;1H/t16-;/m0./s1. The van der Waals surface area contributed by atoms with Crippen molar-refractivity contribution in [2.24, 2.45) is 0 Å². The van der Waals surface area contributed by atoms with Crippen molar-refractivity contribution in [3.8, 4) is 0 Å². The summed E-state index contributed by atoms with van der Waals surface area (Å²) in [5.74, 6) is 0. The number of hydrogen-bond donors (Lipinski definition) is 3. The third kappa shape index (κ3) is 5.21. The van der Waals surface area contributed by atoms with E-state index in [0.29, 0.717) is 6.54 Å². The molecule has 20 heavy (non-hydrogen) atoms. The summed E-state index contributed by atoms with van der Waals surface area (Å²) in [5, 5.41) is 13.2. The summed E-state index contributed by atoms with van der Waals surface area (Å²) in [6, 6.07) is 17.6. The summed E-state index contributed by atoms with van der Waals surface area (Å²) in [7, 11) is 0. The molecule has 108 valence electrons. The van der Waals surface area contributed by atoms with Crippen LogP contribution in [-0.2, 0) is 6.42 Å². The maximum Gasteiger partial charge on any atom is 0.0914 e. The van der Waals surface area contributed by atoms with Crippen molar-refractivity contribution in [2.75, 3.05) is 18.8 Å². The Kier molecular flexibility index (Phi) is 7.09. The fourth-order valence-electron chi connectivity index (χ4n) is 1.95. The van der Waals surface area contributed by atoms with Gasteiger partial charge in [-0.25, -0.2) is 0 Å². The van der Waals surface area contributed by atoms with Crippen LogP contribution < -0.4 is 11.1 Å². The molecule has 0 heterocycles. The molecule has 0 aliphatic carbocycles. The molecule has 3 nitrogen and oxygen atoms in total. The first-order chi connectivity index (χ1) is 9.25. The van der Waals surface area contributed by atoms with E-state index in [1.54, 1.807) is 0 Å². The average Bonchev–Trinajstić information content (AvgIpc) is 2.46. The van der Waals surface area contributed by atoms with E-state index in [9.17, 15) is 5.11 Å². The maximum absolute atomic E-state index is 9.98. The van der Waals surface area contributed by atoms with Crippen LogP contribution in [0.2, 0.25) is 0 Å². The van der Waals surface area contributed by atoms with Gasteiger partial charge in [0, 0.05) is 12.2 Å². The smallest absolute Gasteiger partial charge is 0.0914 e. The molecular formula is C16H21ClN2O. The van der Waals surface area contributed by atoms with Crippen LogP contribution in [0.15, 0.2) is 54.6 Å². The molecule has 0 amide bonds. The van der Waals surface area contributed by atoms with Gasteiger partial charge in [0.15, 0.2) is 0 Å². The van der Waals surface area contributed by atoms with Crippen LogP contribution in [0.4, 0.5) is 5.69 Å². The molecule has 0 aliphatic rings. The molecule has 4 N–H and O–H groups in total. The summed E-state index contributed by atoms with van der Waals surface area (Å²) in [5.41, 5.74) is 8.62. The lowest BCUT2D eigenvalue weighted by molar-refractivity contribution is 0.175. The number of nitrogen functional groups attached to an aromatic ring is 1. The number of hydrogen-bond acceptors (Lipinski definition) is 3. The lowest BCUT2D eigenvalue weighted by Crippen LogP contribution is -2.23. The van der Waals surface area contributed by atoms with Crippen molar-refractivity contribution in [3.05, 3.63) is 65.7 Å². The number of nitrogens with one attached hydrogen (secondary N) is 1. The molecule has 0 spiro atoms. The molecule has 0 fully saturated rings. The highest BCUT2D eigenvalue weighted by Gasteiger charge is 2.05. The topological polar surface area (TPSA) is 58.3 Å². The van der Waals surface area contributed by atoms with Crippen LogP contribution in [0.3, 0.4) is 0 Å². The highest BCUT2D eigenvalue weighted by Crippen LogP contribution is 2.10. The summed E-state index contributed by atoms with van der Waals surface area (Å²) >= 11 is 0. The van der Waals surface area contributed by atoms with Gasteiger partial charge < -0.3 is 16.2 Å². The van der Waals surface area contributed by atoms with Gasteiger partial charge in [0.25, 0.3) is 0 Å². The predicted octanol–water partition coefficient (Wildman–Crippen LogP) is 2.56. The number of halogens is 1. The second-order valence-electron chi connectivity index (χ2n) is 4.62. The first-order valence-corrected chi connectivity index (χ1v) is 6.54. The number of benzene rings is 2. The van der Waals surface area contributed by atoms with E-state index in [2.05, 4.69) is 5.32 Å². The molecule has 1 atom stereocenters. The van der Waals surface area contributed by atoms with Gasteiger partial charge in [0.2, 0.25) is 0 Å². The third-order valence-electron chi connectivity index (χ3n) is 3.09. The first kappa shape index (κ1) is 16.5. The van der Waals surface area contributed by atoms with Gasteiger partial charge >= 0.3 is 0 Å². The van der Waals surface area contributed by atoms with E-state index in [0.717, 1.165) is 24.2 Å². The molecule has 0 bridgehead atoms. The zero-order valence-corrected chi connectivity index (χ0v) is 12.1. The zero-order valence-electron chi connectivity index (χ0n) is 11.3. The molecular weight excluding hydrogens is 272 g/mol. The number of rotatable bonds is 6. The summed E-state index contributed by atoms with van der Waals surface area (Å²) in [6.45, 7) is 1.41. The van der Waals surface area contributed by atoms with Crippen LogP contribution in [0.5, 0.6) is 0 Å². The Bertz CT molecular complexity index is 488. The van der Waals surface area contributed by atoms with Gasteiger partial charge in [-0.2, -0.15) is 0 Å². The van der Waals surface area contributed by atoms with Gasteiger partial charge in [0.05, 0.1) is 6.10 Å². The van der Waals surface area contributed by atoms with Crippen LogP contribution in [-0.4, -0.2) is 18.2 Å². The summed E-state index contributed by atoms with van der Waals surface area (Å²) in [4.78, 5) is 0. The van der Waals surface area contributed by atoms with Crippen molar-refractivity contribution in [1.29, 1.82) is 0 Å². The maximum atomic E-state index is 9.98. The Morgan fingerprint density at radius 1 is 1.00 bits per heavy atom. The van der Waals surface area contributed by atoms with Gasteiger partial charge in [-0.15, -0.1) is 12.4 Å². The molecule has 2 aromatic rings. The molecule has 0 radical (unpaired) electrons. The van der Waals surface area contributed by atoms with Crippen molar-refractivity contribution in [2.45, 2.75) is 12.5 Å². The molecule has 0 unspecified atom stereocenters. The minimum Gasteiger partial charge on any atom is -0.399 e. The lowest BCUT2D eigenvalue weighted by atomic mass is 10.1. The first-order valence-electron chi connectivity index (χ1n) is 6.54. The highest BCUT2D eigenvalue weighted by molar-refractivity contribution is 5.85. The highest BCUT2D eigenvalue weighted by atomic mass is 35.5. The van der Waals surface area contributed by atoms with Crippen molar-refractivity contribution in [1.82, 2.24) is 5.32 Å². The number of aliphatic hydroxyl groups excluding tert-OH is 1. The normalized spacial score (nSPS) is 11.7. The fourth-order valence-corrected chi connectivity index (χ4v) is 1.95. The Balaban J connectivity index is 0.00000200. The third-order valence-corrected chi connectivity index (χ3v) is 3.09. The van der Waals surface area contributed by atoms with Gasteiger partial charge in [-0.3, -0.25) is 0 Å². The van der Waals surface area contributed by atoms with Crippen molar-refractivity contribution >= 4 is 18.1 Å². The zero-order chi connectivity index (χ0) is 13.5. The Morgan fingerprint density at radius 2 is 1.65 bits per heavy atom. The Hall–Kier alpha value is -1.55. The number of nitrogens with two attached hydrogens (primary N) is 1. The van der Waals surface area contributed by atoms with E-state index in [-0.39, 0.29) is 12.4 Å². The van der Waals surface area contributed by atoms with Gasteiger partial charge in [-0.1, -0.05) is 42.5 Å². The van der Waals surface area contributed by atoms with E-state index >= 15 is 0 Å². The predicted molar refractivity (Wildman–Crippen MR) is 86.1 cm³/mol. The molecule has 2 rings (SSSR count). The second-order valence-corrected chi connectivity index (χ2v) is 4.62. The molecule has 0 saturated heterocycles. The van der Waals surface area contributed by atoms with Gasteiger partial charge in [0.1, 0.15) is 0 Å². The Morgan fingerprint density at radius 3 is 2.30 bits per heavy atom. The van der Waals surface area contributed by atoms with Crippen molar-refractivity contribution < 1.29 is 5.11 Å². The number of anilines is 1. The minimum atomic E-state index is -0.451. The molecule has 0 aromatic heterocycles. The fraction of sp³-hybridized carbons (Fsp3) is 0.250. The SMILES string of the molecule is Cl.Nc1ccc(CCNC[C@H](O)c2ccccc2)cc1. The van der Waals surface area contributed by atoms with E-state index in [1.807, 2.05) is 54.6 Å². The largest absolute Gasteiger partial charge is 0.399 e. The monoisotopic (exact) mass is 292 g/mol. The van der Waals surface area contributed by atoms with E-state index in [1.165, 1.54) is 5.56 Å². The molecule has 0 saturated carbocycles. The van der Waals surface area contributed by atoms with E-state index in [4.69, 9.17) is 5.73 Å². The van der Waals surface area contributed by atoms with E-state index < -0.39 is 6.10 Å². The Labute approximate surface area is 126 Å². The van der Waals surface area contributed by atoms with Gasteiger partial charge in [-0.05, 0) is 36.2 Å². The summed E-state index contributed by atoms with van der Waals surface area (Å²) in [6.07, 6.45) is 0.481. The summed E-state index contributed by atoms with van der Waals surface area (Å²) < 4.78 is 0. The molecule has 4 heteroatoms. The molecule has 0 aliphatic heterocycles. The second kappa shape index (κ2) is 8.59. The number of aliphatic hydroxyl groups is 1. The lowest BCUT2D eigenvalue weighted by Gasteiger charge is -2.12. The van der Waals surface area contributed by atoms with Crippen molar-refractivity contribution in [3.63, 3.8) is 0 Å². The quantitative estimate of drug-likeness (QED) is 0.566. The van der Waals surface area contributed by atoms with Crippen LogP contribution in [0.1, 0.15) is 17.2 Å². The minimum absolute atomic E-state index is 0.